The molecular formula is C17H23NO3. The van der Waals surface area contributed by atoms with E-state index >= 15 is 0 Å². The van der Waals surface area contributed by atoms with Crippen molar-refractivity contribution < 1.29 is 13.9 Å². The first-order chi connectivity index (χ1) is 10.3. The lowest BCUT2D eigenvalue weighted by atomic mass is 10.3. The first kappa shape index (κ1) is 15.4. The minimum atomic E-state index is 0.401. The second-order valence-corrected chi connectivity index (χ2v) is 4.79. The predicted molar refractivity (Wildman–Crippen MR) is 82.6 cm³/mol. The van der Waals surface area contributed by atoms with Crippen molar-refractivity contribution in [3.63, 3.8) is 0 Å². The van der Waals surface area contributed by atoms with Crippen LogP contribution < -0.4 is 14.8 Å². The molecule has 0 aliphatic heterocycles. The fraction of sp³-hybridized carbons (Fsp3) is 0.412. The van der Waals surface area contributed by atoms with E-state index in [0.717, 1.165) is 42.3 Å². The summed E-state index contributed by atoms with van der Waals surface area (Å²) in [5.74, 6) is 2.34. The molecule has 2 aromatic rings. The summed E-state index contributed by atoms with van der Waals surface area (Å²) in [5.41, 5.74) is 1.13. The summed E-state index contributed by atoms with van der Waals surface area (Å²) in [5, 5.41) is 3.26. The molecule has 0 amide bonds. The van der Waals surface area contributed by atoms with Crippen LogP contribution >= 0.6 is 0 Å². The van der Waals surface area contributed by atoms with Gasteiger partial charge >= 0.3 is 0 Å². The molecule has 0 radical (unpaired) electrons. The van der Waals surface area contributed by atoms with E-state index in [1.807, 2.05) is 30.3 Å². The molecule has 0 atom stereocenters. The van der Waals surface area contributed by atoms with E-state index in [4.69, 9.17) is 13.9 Å². The Morgan fingerprint density at radius 1 is 1.10 bits per heavy atom. The van der Waals surface area contributed by atoms with E-state index in [1.54, 1.807) is 6.26 Å². The molecule has 2 rings (SSSR count). The monoisotopic (exact) mass is 289 g/mol. The average Bonchev–Trinajstić information content (AvgIpc) is 2.97. The number of furan rings is 1. The number of nitrogens with one attached hydrogen (secondary N) is 1. The highest BCUT2D eigenvalue weighted by Crippen LogP contribution is 2.27. The zero-order chi connectivity index (χ0) is 14.9. The summed E-state index contributed by atoms with van der Waals surface area (Å²) in [6.45, 7) is 7.01. The standard InChI is InChI=1S/C17H23NO3/c1-3-9-19-16-7-5-6-8-17(16)21-13-15-10-14(12-20-15)11-18-4-2/h5-8,10,12,18H,3-4,9,11,13H2,1-2H3. The third-order valence-electron chi connectivity index (χ3n) is 2.97. The van der Waals surface area contributed by atoms with Crippen molar-refractivity contribution in [2.45, 2.75) is 33.4 Å². The lowest BCUT2D eigenvalue weighted by Gasteiger charge is -2.11. The zero-order valence-electron chi connectivity index (χ0n) is 12.7. The Morgan fingerprint density at radius 2 is 1.86 bits per heavy atom. The summed E-state index contributed by atoms with van der Waals surface area (Å²) in [6, 6.07) is 9.72. The van der Waals surface area contributed by atoms with Crippen molar-refractivity contribution >= 4 is 0 Å². The lowest BCUT2D eigenvalue weighted by Crippen LogP contribution is -2.10. The van der Waals surface area contributed by atoms with Gasteiger partial charge in [0.2, 0.25) is 0 Å². The minimum absolute atomic E-state index is 0.401. The Labute approximate surface area is 126 Å². The highest BCUT2D eigenvalue weighted by Gasteiger charge is 2.06. The maximum Gasteiger partial charge on any atom is 0.161 e. The van der Waals surface area contributed by atoms with Crippen molar-refractivity contribution in [1.29, 1.82) is 0 Å². The number of benzene rings is 1. The van der Waals surface area contributed by atoms with Crippen molar-refractivity contribution in [1.82, 2.24) is 5.32 Å². The highest BCUT2D eigenvalue weighted by molar-refractivity contribution is 5.39. The van der Waals surface area contributed by atoms with Gasteiger partial charge in [0, 0.05) is 12.1 Å². The molecule has 114 valence electrons. The molecule has 1 heterocycles. The number of rotatable bonds is 9. The van der Waals surface area contributed by atoms with E-state index in [1.165, 1.54) is 0 Å². The van der Waals surface area contributed by atoms with Gasteiger partial charge in [0.25, 0.3) is 0 Å². The maximum atomic E-state index is 5.80. The Hall–Kier alpha value is -1.94. The van der Waals surface area contributed by atoms with Crippen LogP contribution in [0.5, 0.6) is 11.5 Å². The van der Waals surface area contributed by atoms with Crippen LogP contribution in [0.2, 0.25) is 0 Å². The van der Waals surface area contributed by atoms with Gasteiger partial charge in [-0.1, -0.05) is 26.0 Å². The van der Waals surface area contributed by atoms with Gasteiger partial charge < -0.3 is 19.2 Å². The molecule has 0 unspecified atom stereocenters. The fourth-order valence-electron chi connectivity index (χ4n) is 1.91. The van der Waals surface area contributed by atoms with Crippen LogP contribution in [0, 0.1) is 0 Å². The van der Waals surface area contributed by atoms with Crippen LogP contribution in [-0.2, 0) is 13.2 Å². The minimum Gasteiger partial charge on any atom is -0.490 e. The van der Waals surface area contributed by atoms with Gasteiger partial charge in [0.05, 0.1) is 12.9 Å². The molecule has 0 saturated carbocycles. The lowest BCUT2D eigenvalue weighted by molar-refractivity contribution is 0.243. The van der Waals surface area contributed by atoms with Crippen molar-refractivity contribution in [3.05, 3.63) is 47.9 Å². The summed E-state index contributed by atoms with van der Waals surface area (Å²) >= 11 is 0. The Kier molecular flexibility index (Phi) is 6.16. The fourth-order valence-corrected chi connectivity index (χ4v) is 1.91. The molecule has 0 saturated heterocycles. The molecule has 0 fully saturated rings. The van der Waals surface area contributed by atoms with Gasteiger partial charge in [-0.05, 0) is 31.2 Å². The quantitative estimate of drug-likeness (QED) is 0.763. The number of hydrogen-bond donors (Lipinski definition) is 1. The van der Waals surface area contributed by atoms with Crippen LogP contribution in [0.25, 0.3) is 0 Å². The van der Waals surface area contributed by atoms with Crippen LogP contribution in [0.4, 0.5) is 0 Å². The van der Waals surface area contributed by atoms with Crippen molar-refractivity contribution in [2.24, 2.45) is 0 Å². The molecule has 0 aliphatic carbocycles. The SMILES string of the molecule is CCCOc1ccccc1OCc1cc(CNCC)co1. The van der Waals surface area contributed by atoms with Crippen LogP contribution in [0.1, 0.15) is 31.6 Å². The Balaban J connectivity index is 1.91. The van der Waals surface area contributed by atoms with Crippen molar-refractivity contribution in [3.8, 4) is 11.5 Å². The third-order valence-corrected chi connectivity index (χ3v) is 2.97. The summed E-state index contributed by atoms with van der Waals surface area (Å²) in [4.78, 5) is 0. The van der Waals surface area contributed by atoms with E-state index < -0.39 is 0 Å². The number of para-hydroxylation sites is 2. The van der Waals surface area contributed by atoms with Crippen LogP contribution in [0.3, 0.4) is 0 Å². The Bertz CT molecular complexity index is 536. The number of ether oxygens (including phenoxy) is 2. The van der Waals surface area contributed by atoms with Gasteiger partial charge in [0.1, 0.15) is 12.4 Å². The topological polar surface area (TPSA) is 43.6 Å². The molecule has 1 N–H and O–H groups in total. The molecule has 0 bridgehead atoms. The number of hydrogen-bond acceptors (Lipinski definition) is 4. The molecule has 0 spiro atoms. The third kappa shape index (κ3) is 4.83. The molecule has 1 aromatic heterocycles. The summed E-state index contributed by atoms with van der Waals surface area (Å²) < 4.78 is 17.0. The molecule has 4 nitrogen and oxygen atoms in total. The van der Waals surface area contributed by atoms with E-state index in [0.29, 0.717) is 13.2 Å². The van der Waals surface area contributed by atoms with Crippen LogP contribution in [0.15, 0.2) is 41.0 Å². The molecule has 1 aromatic carbocycles. The van der Waals surface area contributed by atoms with Gasteiger partial charge in [-0.15, -0.1) is 0 Å². The average molecular weight is 289 g/mol. The first-order valence-electron chi connectivity index (χ1n) is 7.45. The van der Waals surface area contributed by atoms with Gasteiger partial charge in [-0.2, -0.15) is 0 Å². The molecule has 4 heteroatoms. The second-order valence-electron chi connectivity index (χ2n) is 4.79. The van der Waals surface area contributed by atoms with E-state index in [2.05, 4.69) is 19.2 Å². The Morgan fingerprint density at radius 3 is 2.57 bits per heavy atom. The van der Waals surface area contributed by atoms with Crippen LogP contribution in [-0.4, -0.2) is 13.2 Å². The normalized spacial score (nSPS) is 10.6. The molecule has 21 heavy (non-hydrogen) atoms. The predicted octanol–water partition coefficient (Wildman–Crippen LogP) is 3.76. The van der Waals surface area contributed by atoms with E-state index in [9.17, 15) is 0 Å². The van der Waals surface area contributed by atoms with E-state index in [-0.39, 0.29) is 0 Å². The first-order valence-corrected chi connectivity index (χ1v) is 7.45. The molecular weight excluding hydrogens is 266 g/mol. The zero-order valence-corrected chi connectivity index (χ0v) is 12.7. The van der Waals surface area contributed by atoms with Gasteiger partial charge in [-0.3, -0.25) is 0 Å². The highest BCUT2D eigenvalue weighted by atomic mass is 16.5. The van der Waals surface area contributed by atoms with Gasteiger partial charge in [0.15, 0.2) is 11.5 Å². The second kappa shape index (κ2) is 8.37. The van der Waals surface area contributed by atoms with Gasteiger partial charge in [-0.25, -0.2) is 0 Å². The largest absolute Gasteiger partial charge is 0.490 e. The maximum absolute atomic E-state index is 5.80. The summed E-state index contributed by atoms with van der Waals surface area (Å²) in [7, 11) is 0. The van der Waals surface area contributed by atoms with Crippen molar-refractivity contribution in [2.75, 3.05) is 13.2 Å². The summed E-state index contributed by atoms with van der Waals surface area (Å²) in [6.07, 6.45) is 2.74. The molecule has 0 aliphatic rings. The smallest absolute Gasteiger partial charge is 0.161 e.